The van der Waals surface area contributed by atoms with Gasteiger partial charge in [-0.1, -0.05) is 0 Å². The number of hydrogen-bond acceptors (Lipinski definition) is 3. The van der Waals surface area contributed by atoms with Gasteiger partial charge in [-0.05, 0) is 20.8 Å². The van der Waals surface area contributed by atoms with Crippen LogP contribution in [0.5, 0.6) is 0 Å². The summed E-state index contributed by atoms with van der Waals surface area (Å²) in [5, 5.41) is 3.13. The zero-order valence-electron chi connectivity index (χ0n) is 6.51. The highest BCUT2D eigenvalue weighted by molar-refractivity contribution is 5.29. The minimum Gasteiger partial charge on any atom is -0.428 e. The highest BCUT2D eigenvalue weighted by atomic mass is 16.4. The Bertz CT molecular complexity index is 186. The first-order valence-corrected chi connectivity index (χ1v) is 3.24. The average Bonchev–Trinajstić information content (AvgIpc) is 2.12. The van der Waals surface area contributed by atoms with E-state index in [1.165, 1.54) is 6.39 Å². The molecule has 56 valence electrons. The molecule has 0 aliphatic heterocycles. The highest BCUT2D eigenvalue weighted by Crippen LogP contribution is 2.12. The highest BCUT2D eigenvalue weighted by Gasteiger charge is 2.10. The minimum atomic E-state index is 0.0412. The second kappa shape index (κ2) is 2.33. The number of nitrogens with zero attached hydrogens (tertiary/aromatic N) is 1. The first kappa shape index (κ1) is 7.12. The first-order valence-electron chi connectivity index (χ1n) is 3.24. The van der Waals surface area contributed by atoms with Gasteiger partial charge in [-0.15, -0.1) is 0 Å². The number of anilines is 1. The van der Waals surface area contributed by atoms with Crippen molar-refractivity contribution in [3.63, 3.8) is 0 Å². The molecule has 0 bridgehead atoms. The second-order valence-electron chi connectivity index (χ2n) is 3.24. The number of oxazole rings is 1. The van der Waals surface area contributed by atoms with Crippen LogP contribution in [0, 0.1) is 0 Å². The van der Waals surface area contributed by atoms with Crippen LogP contribution in [0.15, 0.2) is 17.0 Å². The lowest BCUT2D eigenvalue weighted by molar-refractivity contribution is 0.533. The quantitative estimate of drug-likeness (QED) is 0.647. The SMILES string of the molecule is CC(C)(C)Nc1cnco1. The molecule has 0 fully saturated rings. The van der Waals surface area contributed by atoms with Gasteiger partial charge in [0.2, 0.25) is 5.88 Å². The molecule has 1 N–H and O–H groups in total. The summed E-state index contributed by atoms with van der Waals surface area (Å²) in [5.74, 6) is 0.715. The summed E-state index contributed by atoms with van der Waals surface area (Å²) in [5.41, 5.74) is 0.0412. The summed E-state index contributed by atoms with van der Waals surface area (Å²) in [6.45, 7) is 6.20. The van der Waals surface area contributed by atoms with Crippen molar-refractivity contribution >= 4 is 5.88 Å². The normalized spacial score (nSPS) is 11.5. The predicted molar refractivity (Wildman–Crippen MR) is 39.9 cm³/mol. The van der Waals surface area contributed by atoms with Crippen LogP contribution in [0.4, 0.5) is 5.88 Å². The molecule has 1 aromatic rings. The standard InChI is InChI=1S/C7H12N2O/c1-7(2,3)9-6-4-8-5-10-6/h4-5,9H,1-3H3. The fraction of sp³-hybridized carbons (Fsp3) is 0.571. The van der Waals surface area contributed by atoms with Crippen LogP contribution in [0.2, 0.25) is 0 Å². The molecule has 10 heavy (non-hydrogen) atoms. The molecule has 3 heteroatoms. The van der Waals surface area contributed by atoms with E-state index in [0.29, 0.717) is 5.88 Å². The van der Waals surface area contributed by atoms with Crippen LogP contribution >= 0.6 is 0 Å². The fourth-order valence-electron chi connectivity index (χ4n) is 0.647. The Hall–Kier alpha value is -0.990. The van der Waals surface area contributed by atoms with Crippen molar-refractivity contribution in [1.82, 2.24) is 4.98 Å². The number of aromatic nitrogens is 1. The number of nitrogens with one attached hydrogen (secondary N) is 1. The zero-order chi connectivity index (χ0) is 7.61. The first-order chi connectivity index (χ1) is 4.58. The Morgan fingerprint density at radius 2 is 2.20 bits per heavy atom. The molecule has 0 unspecified atom stereocenters. The smallest absolute Gasteiger partial charge is 0.213 e. The lowest BCUT2D eigenvalue weighted by atomic mass is 10.1. The minimum absolute atomic E-state index is 0.0412. The van der Waals surface area contributed by atoms with E-state index >= 15 is 0 Å². The van der Waals surface area contributed by atoms with Crippen LogP contribution < -0.4 is 5.32 Å². The third-order valence-corrected chi connectivity index (χ3v) is 0.931. The molecule has 0 atom stereocenters. The lowest BCUT2D eigenvalue weighted by Gasteiger charge is -2.18. The van der Waals surface area contributed by atoms with E-state index in [9.17, 15) is 0 Å². The maximum atomic E-state index is 4.99. The van der Waals surface area contributed by atoms with Crippen molar-refractivity contribution < 1.29 is 4.42 Å². The molecule has 0 aromatic carbocycles. The summed E-state index contributed by atoms with van der Waals surface area (Å²) < 4.78 is 4.99. The fourth-order valence-corrected chi connectivity index (χ4v) is 0.647. The molecule has 3 nitrogen and oxygen atoms in total. The third-order valence-electron chi connectivity index (χ3n) is 0.931. The van der Waals surface area contributed by atoms with Crippen molar-refractivity contribution in [1.29, 1.82) is 0 Å². The molecule has 1 heterocycles. The van der Waals surface area contributed by atoms with E-state index in [-0.39, 0.29) is 5.54 Å². The van der Waals surface area contributed by atoms with E-state index in [0.717, 1.165) is 0 Å². The third kappa shape index (κ3) is 2.09. The Morgan fingerprint density at radius 3 is 2.60 bits per heavy atom. The summed E-state index contributed by atoms with van der Waals surface area (Å²) in [6, 6.07) is 0. The van der Waals surface area contributed by atoms with Crippen LogP contribution in [0.3, 0.4) is 0 Å². The van der Waals surface area contributed by atoms with Gasteiger partial charge >= 0.3 is 0 Å². The molecule has 0 amide bonds. The molecule has 0 saturated heterocycles. The molecule has 0 saturated carbocycles. The van der Waals surface area contributed by atoms with Crippen molar-refractivity contribution in [3.8, 4) is 0 Å². The molecule has 1 rings (SSSR count). The topological polar surface area (TPSA) is 38.1 Å². The van der Waals surface area contributed by atoms with E-state index in [1.807, 2.05) is 0 Å². The van der Waals surface area contributed by atoms with E-state index in [2.05, 4.69) is 31.1 Å². The van der Waals surface area contributed by atoms with Crippen molar-refractivity contribution in [3.05, 3.63) is 12.6 Å². The molecular weight excluding hydrogens is 128 g/mol. The van der Waals surface area contributed by atoms with E-state index in [1.54, 1.807) is 6.20 Å². The van der Waals surface area contributed by atoms with Gasteiger partial charge in [-0.2, -0.15) is 0 Å². The summed E-state index contributed by atoms with van der Waals surface area (Å²) >= 11 is 0. The number of rotatable bonds is 1. The zero-order valence-corrected chi connectivity index (χ0v) is 6.51. The maximum absolute atomic E-state index is 4.99. The Kier molecular flexibility index (Phi) is 1.66. The predicted octanol–water partition coefficient (Wildman–Crippen LogP) is 1.88. The Morgan fingerprint density at radius 1 is 1.50 bits per heavy atom. The van der Waals surface area contributed by atoms with Crippen LogP contribution in [-0.4, -0.2) is 10.5 Å². The van der Waals surface area contributed by atoms with Gasteiger partial charge < -0.3 is 9.73 Å². The van der Waals surface area contributed by atoms with Gasteiger partial charge in [-0.3, -0.25) is 0 Å². The van der Waals surface area contributed by atoms with Gasteiger partial charge in [0.1, 0.15) is 0 Å². The monoisotopic (exact) mass is 140 g/mol. The molecular formula is C7H12N2O. The van der Waals surface area contributed by atoms with Crippen LogP contribution in [0.1, 0.15) is 20.8 Å². The largest absolute Gasteiger partial charge is 0.428 e. The van der Waals surface area contributed by atoms with Crippen molar-refractivity contribution in [2.75, 3.05) is 5.32 Å². The van der Waals surface area contributed by atoms with Crippen LogP contribution in [-0.2, 0) is 0 Å². The maximum Gasteiger partial charge on any atom is 0.213 e. The molecule has 0 aliphatic carbocycles. The molecule has 0 aliphatic rings. The molecule has 0 spiro atoms. The van der Waals surface area contributed by atoms with Gasteiger partial charge in [-0.25, -0.2) is 4.98 Å². The second-order valence-corrected chi connectivity index (χ2v) is 3.24. The van der Waals surface area contributed by atoms with E-state index < -0.39 is 0 Å². The number of hydrogen-bond donors (Lipinski definition) is 1. The van der Waals surface area contributed by atoms with Gasteiger partial charge in [0, 0.05) is 5.54 Å². The van der Waals surface area contributed by atoms with Crippen molar-refractivity contribution in [2.45, 2.75) is 26.3 Å². The molecule has 1 aromatic heterocycles. The average molecular weight is 140 g/mol. The van der Waals surface area contributed by atoms with Gasteiger partial charge in [0.25, 0.3) is 0 Å². The lowest BCUT2D eigenvalue weighted by Crippen LogP contribution is -2.25. The molecule has 0 radical (unpaired) electrons. The summed E-state index contributed by atoms with van der Waals surface area (Å²) in [7, 11) is 0. The Balaban J connectivity index is 2.57. The Labute approximate surface area is 60.5 Å². The van der Waals surface area contributed by atoms with Gasteiger partial charge in [0.15, 0.2) is 6.39 Å². The van der Waals surface area contributed by atoms with E-state index in [4.69, 9.17) is 4.42 Å². The summed E-state index contributed by atoms with van der Waals surface area (Å²) in [4.78, 5) is 3.78. The van der Waals surface area contributed by atoms with Crippen LogP contribution in [0.25, 0.3) is 0 Å². The summed E-state index contributed by atoms with van der Waals surface area (Å²) in [6.07, 6.45) is 3.07. The van der Waals surface area contributed by atoms with Gasteiger partial charge in [0.05, 0.1) is 6.20 Å². The van der Waals surface area contributed by atoms with Crippen molar-refractivity contribution in [2.24, 2.45) is 0 Å².